The predicted octanol–water partition coefficient (Wildman–Crippen LogP) is 0.949. The van der Waals surface area contributed by atoms with Crippen LogP contribution in [0.2, 0.25) is 0 Å². The Morgan fingerprint density at radius 3 is 2.83 bits per heavy atom. The highest BCUT2D eigenvalue weighted by atomic mass is 16.5. The molecule has 0 aromatic heterocycles. The average Bonchev–Trinajstić information content (AvgIpc) is 2.52. The van der Waals surface area contributed by atoms with E-state index in [1.807, 2.05) is 31.1 Å². The molecule has 0 spiro atoms. The Bertz CT molecular complexity index is 159. The molecule has 0 amide bonds. The van der Waals surface area contributed by atoms with Crippen molar-refractivity contribution in [1.82, 2.24) is 4.90 Å². The van der Waals surface area contributed by atoms with Crippen LogP contribution in [-0.2, 0) is 4.74 Å². The van der Waals surface area contributed by atoms with Gasteiger partial charge in [-0.3, -0.25) is 0 Å². The lowest BCUT2D eigenvalue weighted by Crippen LogP contribution is -2.27. The monoisotopic (exact) mass is 171 g/mol. The first-order valence-corrected chi connectivity index (χ1v) is 4.39. The summed E-state index contributed by atoms with van der Waals surface area (Å²) in [5.41, 5.74) is 0. The Balaban J connectivity index is 2.35. The minimum absolute atomic E-state index is 0.0442. The van der Waals surface area contributed by atoms with Crippen LogP contribution in [0.25, 0.3) is 0 Å². The van der Waals surface area contributed by atoms with E-state index in [4.69, 9.17) is 9.84 Å². The van der Waals surface area contributed by atoms with Gasteiger partial charge >= 0.3 is 0 Å². The van der Waals surface area contributed by atoms with Crippen molar-refractivity contribution < 1.29 is 9.84 Å². The largest absolute Gasteiger partial charge is 0.394 e. The maximum Gasteiger partial charge on any atom is 0.130 e. The number of ether oxygens (including phenoxy) is 1. The van der Waals surface area contributed by atoms with Crippen molar-refractivity contribution in [3.8, 4) is 0 Å². The van der Waals surface area contributed by atoms with Crippen LogP contribution in [0, 0.1) is 0 Å². The molecule has 0 aromatic carbocycles. The van der Waals surface area contributed by atoms with Crippen LogP contribution >= 0.6 is 0 Å². The molecule has 0 aliphatic carbocycles. The molecule has 2 unspecified atom stereocenters. The molecule has 1 saturated heterocycles. The van der Waals surface area contributed by atoms with E-state index in [-0.39, 0.29) is 18.9 Å². The molecule has 1 aliphatic rings. The van der Waals surface area contributed by atoms with Crippen molar-refractivity contribution in [2.75, 3.05) is 13.7 Å². The van der Waals surface area contributed by atoms with E-state index < -0.39 is 0 Å². The molecule has 12 heavy (non-hydrogen) atoms. The molecule has 1 heterocycles. The standard InChI is InChI=1S/C9H17NO2/c1-3-6-10(2)9-5-4-8(7-11)12-9/h3,6,8-9,11H,4-5,7H2,1-2H3/b6-3-. The SMILES string of the molecule is C/C=C\N(C)C1CCC(CO)O1. The van der Waals surface area contributed by atoms with E-state index in [0.717, 1.165) is 12.8 Å². The molecule has 3 heteroatoms. The van der Waals surface area contributed by atoms with E-state index >= 15 is 0 Å². The van der Waals surface area contributed by atoms with E-state index in [1.54, 1.807) is 0 Å². The predicted molar refractivity (Wildman–Crippen MR) is 47.6 cm³/mol. The van der Waals surface area contributed by atoms with E-state index in [1.165, 1.54) is 0 Å². The number of hydrogen-bond donors (Lipinski definition) is 1. The van der Waals surface area contributed by atoms with Crippen LogP contribution in [0.3, 0.4) is 0 Å². The van der Waals surface area contributed by atoms with Gasteiger partial charge in [-0.15, -0.1) is 0 Å². The first-order chi connectivity index (χ1) is 5.77. The lowest BCUT2D eigenvalue weighted by atomic mass is 10.2. The zero-order chi connectivity index (χ0) is 8.97. The summed E-state index contributed by atoms with van der Waals surface area (Å²) < 4.78 is 5.55. The molecule has 1 fully saturated rings. The van der Waals surface area contributed by atoms with Crippen molar-refractivity contribution in [2.45, 2.75) is 32.1 Å². The topological polar surface area (TPSA) is 32.7 Å². The molecular formula is C9H17NO2. The first kappa shape index (κ1) is 9.55. The summed E-state index contributed by atoms with van der Waals surface area (Å²) >= 11 is 0. The van der Waals surface area contributed by atoms with Gasteiger partial charge in [0.05, 0.1) is 12.7 Å². The molecule has 0 aromatic rings. The van der Waals surface area contributed by atoms with Crippen LogP contribution in [0.4, 0.5) is 0 Å². The molecule has 0 bridgehead atoms. The number of aliphatic hydroxyl groups is 1. The van der Waals surface area contributed by atoms with E-state index in [9.17, 15) is 0 Å². The van der Waals surface area contributed by atoms with Crippen molar-refractivity contribution in [3.63, 3.8) is 0 Å². The summed E-state index contributed by atoms with van der Waals surface area (Å²) in [5, 5.41) is 8.83. The highest BCUT2D eigenvalue weighted by Gasteiger charge is 2.25. The minimum atomic E-state index is 0.0442. The van der Waals surface area contributed by atoms with Gasteiger partial charge in [-0.1, -0.05) is 6.08 Å². The number of hydrogen-bond acceptors (Lipinski definition) is 3. The number of nitrogens with zero attached hydrogens (tertiary/aromatic N) is 1. The van der Waals surface area contributed by atoms with Gasteiger partial charge in [0.2, 0.25) is 0 Å². The molecule has 0 radical (unpaired) electrons. The number of rotatable bonds is 3. The van der Waals surface area contributed by atoms with Gasteiger partial charge < -0.3 is 14.7 Å². The second-order valence-corrected chi connectivity index (χ2v) is 3.12. The maximum absolute atomic E-state index is 8.83. The maximum atomic E-state index is 8.83. The van der Waals surface area contributed by atoms with Crippen molar-refractivity contribution in [2.24, 2.45) is 0 Å². The number of allylic oxidation sites excluding steroid dienone is 1. The smallest absolute Gasteiger partial charge is 0.130 e. The third-order valence-corrected chi connectivity index (χ3v) is 2.13. The highest BCUT2D eigenvalue weighted by Crippen LogP contribution is 2.21. The summed E-state index contributed by atoms with van der Waals surface area (Å²) in [6, 6.07) is 0. The summed E-state index contributed by atoms with van der Waals surface area (Å²) in [4.78, 5) is 2.04. The Morgan fingerprint density at radius 1 is 1.58 bits per heavy atom. The quantitative estimate of drug-likeness (QED) is 0.686. The van der Waals surface area contributed by atoms with Crippen LogP contribution in [0.15, 0.2) is 12.3 Å². The Hall–Kier alpha value is -0.540. The van der Waals surface area contributed by atoms with Gasteiger partial charge in [0.1, 0.15) is 6.23 Å². The van der Waals surface area contributed by atoms with Crippen molar-refractivity contribution in [3.05, 3.63) is 12.3 Å². The summed E-state index contributed by atoms with van der Waals surface area (Å²) in [5.74, 6) is 0. The first-order valence-electron chi connectivity index (χ1n) is 4.39. The molecule has 2 atom stereocenters. The average molecular weight is 171 g/mol. The number of aliphatic hydroxyl groups excluding tert-OH is 1. The van der Waals surface area contributed by atoms with Gasteiger partial charge in [-0.05, 0) is 26.0 Å². The van der Waals surface area contributed by atoms with E-state index in [0.29, 0.717) is 0 Å². The lowest BCUT2D eigenvalue weighted by Gasteiger charge is -2.22. The van der Waals surface area contributed by atoms with Crippen LogP contribution in [-0.4, -0.2) is 36.0 Å². The molecule has 3 nitrogen and oxygen atoms in total. The van der Waals surface area contributed by atoms with Gasteiger partial charge in [0.15, 0.2) is 0 Å². The van der Waals surface area contributed by atoms with Gasteiger partial charge in [0.25, 0.3) is 0 Å². The molecule has 1 aliphatic heterocycles. The Kier molecular flexibility index (Phi) is 3.56. The fourth-order valence-electron chi connectivity index (χ4n) is 1.45. The Labute approximate surface area is 73.6 Å². The molecule has 1 N–H and O–H groups in total. The van der Waals surface area contributed by atoms with Crippen LogP contribution in [0.5, 0.6) is 0 Å². The van der Waals surface area contributed by atoms with Gasteiger partial charge in [-0.25, -0.2) is 0 Å². The fraction of sp³-hybridized carbons (Fsp3) is 0.778. The lowest BCUT2D eigenvalue weighted by molar-refractivity contribution is -0.0419. The molecule has 1 rings (SSSR count). The van der Waals surface area contributed by atoms with Crippen LogP contribution < -0.4 is 0 Å². The normalized spacial score (nSPS) is 29.9. The summed E-state index contributed by atoms with van der Waals surface area (Å²) in [7, 11) is 1.99. The zero-order valence-corrected chi connectivity index (χ0v) is 7.73. The van der Waals surface area contributed by atoms with E-state index in [2.05, 4.69) is 0 Å². The Morgan fingerprint density at radius 2 is 2.33 bits per heavy atom. The summed E-state index contributed by atoms with van der Waals surface area (Å²) in [6.45, 7) is 2.12. The van der Waals surface area contributed by atoms with Gasteiger partial charge in [-0.2, -0.15) is 0 Å². The highest BCUT2D eigenvalue weighted by molar-refractivity contribution is 4.81. The van der Waals surface area contributed by atoms with Gasteiger partial charge in [0, 0.05) is 7.05 Å². The fourth-order valence-corrected chi connectivity index (χ4v) is 1.45. The minimum Gasteiger partial charge on any atom is -0.394 e. The third kappa shape index (κ3) is 2.22. The zero-order valence-electron chi connectivity index (χ0n) is 7.73. The molecule has 0 saturated carbocycles. The molecule has 70 valence electrons. The summed E-state index contributed by atoms with van der Waals surface area (Å²) in [6.07, 6.45) is 6.14. The second kappa shape index (κ2) is 4.48. The third-order valence-electron chi connectivity index (χ3n) is 2.13. The second-order valence-electron chi connectivity index (χ2n) is 3.12. The molecular weight excluding hydrogens is 154 g/mol. The van der Waals surface area contributed by atoms with Crippen molar-refractivity contribution >= 4 is 0 Å². The van der Waals surface area contributed by atoms with Crippen LogP contribution in [0.1, 0.15) is 19.8 Å². The van der Waals surface area contributed by atoms with Crippen molar-refractivity contribution in [1.29, 1.82) is 0 Å².